The molecule has 1 N–H and O–H groups in total. The maximum atomic E-state index is 4.59. The van der Waals surface area contributed by atoms with Gasteiger partial charge in [0.1, 0.15) is 0 Å². The van der Waals surface area contributed by atoms with E-state index in [-0.39, 0.29) is 0 Å². The van der Waals surface area contributed by atoms with Crippen molar-refractivity contribution in [3.63, 3.8) is 0 Å². The van der Waals surface area contributed by atoms with Crippen LogP contribution in [-0.2, 0) is 0 Å². The van der Waals surface area contributed by atoms with Gasteiger partial charge in [-0.3, -0.25) is 0 Å². The Bertz CT molecular complexity index is 647. The van der Waals surface area contributed by atoms with Gasteiger partial charge in [0.05, 0.1) is 16.3 Å². The molecule has 0 unspecified atom stereocenters. The minimum Gasteiger partial charge on any atom is -0.331 e. The predicted molar refractivity (Wildman–Crippen MR) is 82.9 cm³/mol. The number of aromatic nitrogens is 1. The SMILES string of the molecule is Brc1ccccc1Nc1nc(-c2cccs2)cs1. The Morgan fingerprint density at radius 2 is 1.94 bits per heavy atom. The first-order valence-corrected chi connectivity index (χ1v) is 7.89. The maximum Gasteiger partial charge on any atom is 0.187 e. The van der Waals surface area contributed by atoms with Gasteiger partial charge in [-0.1, -0.05) is 18.2 Å². The fraction of sp³-hybridized carbons (Fsp3) is 0. The van der Waals surface area contributed by atoms with E-state index in [0.717, 1.165) is 21.0 Å². The first-order chi connectivity index (χ1) is 8.83. The van der Waals surface area contributed by atoms with Crippen molar-refractivity contribution in [1.29, 1.82) is 0 Å². The Labute approximate surface area is 121 Å². The van der Waals surface area contributed by atoms with E-state index >= 15 is 0 Å². The van der Waals surface area contributed by atoms with E-state index in [1.54, 1.807) is 22.7 Å². The van der Waals surface area contributed by atoms with Gasteiger partial charge in [0, 0.05) is 9.85 Å². The van der Waals surface area contributed by atoms with Crippen molar-refractivity contribution in [2.24, 2.45) is 0 Å². The van der Waals surface area contributed by atoms with Gasteiger partial charge in [0.25, 0.3) is 0 Å². The summed E-state index contributed by atoms with van der Waals surface area (Å²) in [5.74, 6) is 0. The number of nitrogens with zero attached hydrogens (tertiary/aromatic N) is 1. The van der Waals surface area contributed by atoms with Crippen molar-refractivity contribution < 1.29 is 0 Å². The van der Waals surface area contributed by atoms with E-state index in [0.29, 0.717) is 0 Å². The Kier molecular flexibility index (Phi) is 3.45. The average molecular weight is 337 g/mol. The third-order valence-electron chi connectivity index (χ3n) is 2.39. The third kappa shape index (κ3) is 2.48. The zero-order chi connectivity index (χ0) is 12.4. The highest BCUT2D eigenvalue weighted by Crippen LogP contribution is 2.31. The summed E-state index contributed by atoms with van der Waals surface area (Å²) in [5, 5.41) is 8.37. The molecule has 18 heavy (non-hydrogen) atoms. The van der Waals surface area contributed by atoms with Crippen molar-refractivity contribution in [3.8, 4) is 10.6 Å². The fourth-order valence-corrected chi connectivity index (χ4v) is 3.41. The third-order valence-corrected chi connectivity index (χ3v) is 4.73. The molecule has 2 aromatic heterocycles. The molecule has 3 rings (SSSR count). The predicted octanol–water partition coefficient (Wildman–Crippen LogP) is 5.38. The molecular weight excluding hydrogens is 328 g/mol. The van der Waals surface area contributed by atoms with Gasteiger partial charge >= 0.3 is 0 Å². The topological polar surface area (TPSA) is 24.9 Å². The minimum atomic E-state index is 0.908. The Morgan fingerprint density at radius 1 is 1.06 bits per heavy atom. The molecule has 0 saturated heterocycles. The number of benzene rings is 1. The van der Waals surface area contributed by atoms with Gasteiger partial charge in [0.2, 0.25) is 0 Å². The molecule has 0 aliphatic carbocycles. The van der Waals surface area contributed by atoms with Crippen LogP contribution in [0, 0.1) is 0 Å². The van der Waals surface area contributed by atoms with Crippen molar-refractivity contribution in [1.82, 2.24) is 4.98 Å². The molecule has 0 aliphatic rings. The molecule has 90 valence electrons. The molecule has 0 bridgehead atoms. The second-order valence-electron chi connectivity index (χ2n) is 3.62. The van der Waals surface area contributed by atoms with Gasteiger partial charge in [-0.2, -0.15) is 0 Å². The van der Waals surface area contributed by atoms with Crippen molar-refractivity contribution in [2.75, 3.05) is 5.32 Å². The van der Waals surface area contributed by atoms with E-state index in [4.69, 9.17) is 0 Å². The Balaban J connectivity index is 1.85. The van der Waals surface area contributed by atoms with E-state index in [1.165, 1.54) is 4.88 Å². The highest BCUT2D eigenvalue weighted by Gasteiger charge is 2.06. The standard InChI is InChI=1S/C13H9BrN2S2/c14-9-4-1-2-5-10(9)15-13-16-11(8-18-13)12-6-3-7-17-12/h1-8H,(H,15,16). The van der Waals surface area contributed by atoms with Crippen LogP contribution in [0.1, 0.15) is 0 Å². The monoisotopic (exact) mass is 336 g/mol. The molecule has 0 saturated carbocycles. The summed E-state index contributed by atoms with van der Waals surface area (Å²) < 4.78 is 1.04. The minimum absolute atomic E-state index is 0.908. The molecule has 1 aromatic carbocycles. The Morgan fingerprint density at radius 3 is 2.72 bits per heavy atom. The molecule has 0 fully saturated rings. The van der Waals surface area contributed by atoms with Crippen LogP contribution < -0.4 is 5.32 Å². The smallest absolute Gasteiger partial charge is 0.187 e. The summed E-state index contributed by atoms with van der Waals surface area (Å²) in [6.07, 6.45) is 0. The largest absolute Gasteiger partial charge is 0.331 e. The second kappa shape index (κ2) is 5.22. The highest BCUT2D eigenvalue weighted by atomic mass is 79.9. The summed E-state index contributed by atoms with van der Waals surface area (Å²) in [7, 11) is 0. The lowest BCUT2D eigenvalue weighted by molar-refractivity contribution is 1.39. The molecule has 0 amide bonds. The zero-order valence-corrected chi connectivity index (χ0v) is 12.5. The van der Waals surface area contributed by atoms with Crippen LogP contribution in [0.2, 0.25) is 0 Å². The molecule has 3 aromatic rings. The maximum absolute atomic E-state index is 4.59. The summed E-state index contributed by atoms with van der Waals surface area (Å²) in [6.45, 7) is 0. The van der Waals surface area contributed by atoms with Gasteiger partial charge in [-0.05, 0) is 39.5 Å². The number of para-hydroxylation sites is 1. The summed E-state index contributed by atoms with van der Waals surface area (Å²) in [6, 6.07) is 12.2. The summed E-state index contributed by atoms with van der Waals surface area (Å²) >= 11 is 6.84. The van der Waals surface area contributed by atoms with E-state index in [9.17, 15) is 0 Å². The molecule has 0 radical (unpaired) electrons. The molecule has 5 heteroatoms. The van der Waals surface area contributed by atoms with E-state index in [1.807, 2.05) is 30.3 Å². The van der Waals surface area contributed by atoms with Crippen LogP contribution in [0.15, 0.2) is 51.6 Å². The van der Waals surface area contributed by atoms with Gasteiger partial charge in [0.15, 0.2) is 5.13 Å². The van der Waals surface area contributed by atoms with Crippen LogP contribution in [0.5, 0.6) is 0 Å². The normalized spacial score (nSPS) is 10.5. The summed E-state index contributed by atoms with van der Waals surface area (Å²) in [4.78, 5) is 5.79. The second-order valence-corrected chi connectivity index (χ2v) is 6.28. The van der Waals surface area contributed by atoms with Gasteiger partial charge < -0.3 is 5.32 Å². The molecular formula is C13H9BrN2S2. The number of thiophene rings is 1. The lowest BCUT2D eigenvalue weighted by Crippen LogP contribution is -1.90. The first-order valence-electron chi connectivity index (χ1n) is 5.34. The number of anilines is 2. The number of nitrogens with one attached hydrogen (secondary N) is 1. The highest BCUT2D eigenvalue weighted by molar-refractivity contribution is 9.10. The molecule has 2 nitrogen and oxygen atoms in total. The molecule has 2 heterocycles. The van der Waals surface area contributed by atoms with Crippen LogP contribution in [0.3, 0.4) is 0 Å². The first kappa shape index (κ1) is 11.9. The van der Waals surface area contributed by atoms with Crippen molar-refractivity contribution >= 4 is 49.4 Å². The van der Waals surface area contributed by atoms with Crippen LogP contribution in [0.25, 0.3) is 10.6 Å². The molecule has 0 aliphatic heterocycles. The van der Waals surface area contributed by atoms with Crippen molar-refractivity contribution in [3.05, 3.63) is 51.6 Å². The van der Waals surface area contributed by atoms with Crippen LogP contribution in [0.4, 0.5) is 10.8 Å². The number of thiazole rings is 1. The number of rotatable bonds is 3. The van der Waals surface area contributed by atoms with Crippen molar-refractivity contribution in [2.45, 2.75) is 0 Å². The quantitative estimate of drug-likeness (QED) is 0.694. The Hall–Kier alpha value is -1.17. The molecule has 0 atom stereocenters. The number of hydrogen-bond donors (Lipinski definition) is 1. The van der Waals surface area contributed by atoms with Gasteiger partial charge in [-0.25, -0.2) is 4.98 Å². The van der Waals surface area contributed by atoms with Crippen LogP contribution in [-0.4, -0.2) is 4.98 Å². The van der Waals surface area contributed by atoms with Gasteiger partial charge in [-0.15, -0.1) is 22.7 Å². The molecule has 0 spiro atoms. The number of halogens is 1. The van der Waals surface area contributed by atoms with Crippen LogP contribution >= 0.6 is 38.6 Å². The zero-order valence-electron chi connectivity index (χ0n) is 9.26. The lowest BCUT2D eigenvalue weighted by Gasteiger charge is -2.04. The average Bonchev–Trinajstić information content (AvgIpc) is 3.02. The lowest BCUT2D eigenvalue weighted by atomic mass is 10.3. The fourth-order valence-electron chi connectivity index (χ4n) is 1.55. The van der Waals surface area contributed by atoms with E-state index < -0.39 is 0 Å². The number of hydrogen-bond acceptors (Lipinski definition) is 4. The summed E-state index contributed by atoms with van der Waals surface area (Å²) in [5.41, 5.74) is 2.06. The van der Waals surface area contributed by atoms with E-state index in [2.05, 4.69) is 43.1 Å².